The molecule has 2 amide bonds. The van der Waals surface area contributed by atoms with Crippen molar-refractivity contribution in [2.24, 2.45) is 11.0 Å². The second-order valence-electron chi connectivity index (χ2n) is 8.46. The Labute approximate surface area is 226 Å². The largest absolute Gasteiger partial charge is 0.490 e. The number of hydrazone groups is 1. The third kappa shape index (κ3) is 8.23. The minimum atomic E-state index is -0.751. The Morgan fingerprint density at radius 2 is 1.73 bits per heavy atom. The van der Waals surface area contributed by atoms with Crippen LogP contribution in [0, 0.1) is 5.92 Å². The Balaban J connectivity index is 1.64. The lowest BCUT2D eigenvalue weighted by Gasteiger charge is -2.20. The molecule has 0 saturated carbocycles. The number of benzene rings is 3. The Hall–Kier alpha value is -3.55. The molecule has 0 aliphatic rings. The average Bonchev–Trinajstić information content (AvgIpc) is 2.88. The normalized spacial score (nSPS) is 11.8. The monoisotopic (exact) mass is 541 g/mol. The van der Waals surface area contributed by atoms with Gasteiger partial charge < -0.3 is 14.8 Å². The molecule has 0 aromatic heterocycles. The van der Waals surface area contributed by atoms with Gasteiger partial charge >= 0.3 is 0 Å². The smallest absolute Gasteiger partial charge is 0.262 e. The first-order valence-electron chi connectivity index (χ1n) is 11.8. The van der Waals surface area contributed by atoms with E-state index in [-0.39, 0.29) is 18.4 Å². The van der Waals surface area contributed by atoms with Gasteiger partial charge in [-0.2, -0.15) is 5.10 Å². The van der Waals surface area contributed by atoms with E-state index in [9.17, 15) is 9.59 Å². The fourth-order valence-corrected chi connectivity index (χ4v) is 3.84. The van der Waals surface area contributed by atoms with E-state index in [1.807, 2.05) is 26.8 Å². The number of ether oxygens (including phenoxy) is 2. The second kappa shape index (κ2) is 13.7. The van der Waals surface area contributed by atoms with Crippen molar-refractivity contribution in [1.82, 2.24) is 10.7 Å². The first-order chi connectivity index (χ1) is 17.8. The summed E-state index contributed by atoms with van der Waals surface area (Å²) in [4.78, 5) is 25.2. The van der Waals surface area contributed by atoms with Crippen LogP contribution in [0.5, 0.6) is 11.5 Å². The molecule has 0 bridgehead atoms. The molecule has 0 aliphatic heterocycles. The summed E-state index contributed by atoms with van der Waals surface area (Å²) in [6.45, 7) is 6.25. The highest BCUT2D eigenvalue weighted by molar-refractivity contribution is 6.35. The molecule has 0 saturated heterocycles. The van der Waals surface area contributed by atoms with Gasteiger partial charge in [0, 0.05) is 21.2 Å². The van der Waals surface area contributed by atoms with Gasteiger partial charge in [-0.25, -0.2) is 5.43 Å². The molecule has 3 rings (SSSR count). The molecule has 37 heavy (non-hydrogen) atoms. The number of nitrogens with zero attached hydrogens (tertiary/aromatic N) is 1. The Morgan fingerprint density at radius 3 is 2.41 bits per heavy atom. The first-order valence-corrected chi connectivity index (χ1v) is 12.6. The molecule has 7 nitrogen and oxygen atoms in total. The van der Waals surface area contributed by atoms with Crippen LogP contribution in [0.2, 0.25) is 10.0 Å². The summed E-state index contributed by atoms with van der Waals surface area (Å²) < 4.78 is 11.6. The number of carbonyl (C=O) groups is 2. The zero-order chi connectivity index (χ0) is 26.8. The molecular weight excluding hydrogens is 513 g/mol. The fraction of sp³-hybridized carbons (Fsp3) is 0.250. The van der Waals surface area contributed by atoms with Gasteiger partial charge in [0.25, 0.3) is 11.8 Å². The van der Waals surface area contributed by atoms with E-state index in [1.165, 1.54) is 6.21 Å². The average molecular weight is 542 g/mol. The summed E-state index contributed by atoms with van der Waals surface area (Å²) in [6, 6.07) is 18.5. The number of carbonyl (C=O) groups excluding carboxylic acids is 2. The maximum absolute atomic E-state index is 12.7. The zero-order valence-corrected chi connectivity index (χ0v) is 22.3. The van der Waals surface area contributed by atoms with Crippen LogP contribution in [0.4, 0.5) is 0 Å². The van der Waals surface area contributed by atoms with E-state index >= 15 is 0 Å². The molecule has 0 aliphatic carbocycles. The second-order valence-corrected chi connectivity index (χ2v) is 9.30. The number of rotatable bonds is 11. The predicted octanol–water partition coefficient (Wildman–Crippen LogP) is 5.88. The third-order valence-electron chi connectivity index (χ3n) is 5.33. The van der Waals surface area contributed by atoms with Gasteiger partial charge in [-0.1, -0.05) is 61.3 Å². The summed E-state index contributed by atoms with van der Waals surface area (Å²) >= 11 is 12.2. The highest BCUT2D eigenvalue weighted by atomic mass is 35.5. The molecule has 1 unspecified atom stereocenters. The van der Waals surface area contributed by atoms with Crippen LogP contribution in [0.3, 0.4) is 0 Å². The zero-order valence-electron chi connectivity index (χ0n) is 20.8. The predicted molar refractivity (Wildman–Crippen MR) is 147 cm³/mol. The SMILES string of the molecule is CCOc1cc(/C=N/NC(=O)C(NC(=O)c2ccccc2)C(C)C)ccc1OCc1ccc(Cl)cc1Cl. The van der Waals surface area contributed by atoms with Crippen molar-refractivity contribution in [3.63, 3.8) is 0 Å². The van der Waals surface area contributed by atoms with E-state index in [0.717, 1.165) is 5.56 Å². The molecular formula is C28H29Cl2N3O4. The van der Waals surface area contributed by atoms with Crippen molar-refractivity contribution in [2.75, 3.05) is 6.61 Å². The standard InChI is InChI=1S/C28H29Cl2N3O4/c1-4-36-25-14-19(10-13-24(25)37-17-21-11-12-22(29)15-23(21)30)16-31-33-28(35)26(18(2)3)32-27(34)20-8-6-5-7-9-20/h5-16,18,26H,4,17H2,1-3H3,(H,32,34)(H,33,35)/b31-16+. The molecule has 1 atom stereocenters. The number of halogens is 2. The first kappa shape index (κ1) is 28.0. The summed E-state index contributed by atoms with van der Waals surface area (Å²) in [5, 5.41) is 7.91. The van der Waals surface area contributed by atoms with Gasteiger partial charge in [-0.05, 0) is 60.9 Å². The van der Waals surface area contributed by atoms with Gasteiger partial charge in [0.15, 0.2) is 11.5 Å². The van der Waals surface area contributed by atoms with Crippen molar-refractivity contribution in [2.45, 2.75) is 33.4 Å². The van der Waals surface area contributed by atoms with Crippen LogP contribution in [-0.4, -0.2) is 30.7 Å². The third-order valence-corrected chi connectivity index (χ3v) is 5.91. The Morgan fingerprint density at radius 1 is 0.973 bits per heavy atom. The fourth-order valence-electron chi connectivity index (χ4n) is 3.38. The summed E-state index contributed by atoms with van der Waals surface area (Å²) in [5.41, 5.74) is 4.47. The number of hydrogen-bond donors (Lipinski definition) is 2. The van der Waals surface area contributed by atoms with Gasteiger partial charge in [-0.15, -0.1) is 0 Å². The van der Waals surface area contributed by atoms with Crippen LogP contribution >= 0.6 is 23.2 Å². The van der Waals surface area contributed by atoms with E-state index in [1.54, 1.807) is 60.7 Å². The highest BCUT2D eigenvalue weighted by Crippen LogP contribution is 2.30. The summed E-state index contributed by atoms with van der Waals surface area (Å²) in [5.74, 6) is 0.184. The van der Waals surface area contributed by atoms with Crippen molar-refractivity contribution in [3.05, 3.63) is 93.5 Å². The van der Waals surface area contributed by atoms with Crippen molar-refractivity contribution < 1.29 is 19.1 Å². The molecule has 194 valence electrons. The highest BCUT2D eigenvalue weighted by Gasteiger charge is 2.24. The molecule has 3 aromatic rings. The summed E-state index contributed by atoms with van der Waals surface area (Å²) in [6.07, 6.45) is 1.50. The van der Waals surface area contributed by atoms with Crippen molar-refractivity contribution in [1.29, 1.82) is 0 Å². The molecule has 0 fully saturated rings. The maximum atomic E-state index is 12.7. The van der Waals surface area contributed by atoms with E-state index in [2.05, 4.69) is 15.8 Å². The van der Waals surface area contributed by atoms with Crippen LogP contribution in [0.1, 0.15) is 42.3 Å². The van der Waals surface area contributed by atoms with E-state index < -0.39 is 11.9 Å². The van der Waals surface area contributed by atoms with Gasteiger partial charge in [0.05, 0.1) is 12.8 Å². The minimum absolute atomic E-state index is 0.141. The van der Waals surface area contributed by atoms with Crippen LogP contribution in [-0.2, 0) is 11.4 Å². The lowest BCUT2D eigenvalue weighted by molar-refractivity contribution is -0.123. The quantitative estimate of drug-likeness (QED) is 0.234. The Kier molecular flexibility index (Phi) is 10.4. The molecule has 3 aromatic carbocycles. The van der Waals surface area contributed by atoms with Gasteiger partial charge in [0.1, 0.15) is 12.6 Å². The number of nitrogens with one attached hydrogen (secondary N) is 2. The number of amides is 2. The van der Waals surface area contributed by atoms with Crippen LogP contribution in [0.25, 0.3) is 0 Å². The molecule has 0 spiro atoms. The summed E-state index contributed by atoms with van der Waals surface area (Å²) in [7, 11) is 0. The topological polar surface area (TPSA) is 89.0 Å². The molecule has 9 heteroatoms. The lowest BCUT2D eigenvalue weighted by atomic mass is 10.0. The van der Waals surface area contributed by atoms with Gasteiger partial charge in [-0.3, -0.25) is 9.59 Å². The lowest BCUT2D eigenvalue weighted by Crippen LogP contribution is -2.48. The number of hydrogen-bond acceptors (Lipinski definition) is 5. The minimum Gasteiger partial charge on any atom is -0.490 e. The van der Waals surface area contributed by atoms with Crippen molar-refractivity contribution in [3.8, 4) is 11.5 Å². The van der Waals surface area contributed by atoms with E-state index in [0.29, 0.717) is 39.3 Å². The van der Waals surface area contributed by atoms with Crippen LogP contribution in [0.15, 0.2) is 71.8 Å². The molecule has 2 N–H and O–H groups in total. The van der Waals surface area contributed by atoms with Gasteiger partial charge in [0.2, 0.25) is 0 Å². The Bertz CT molecular complexity index is 1250. The van der Waals surface area contributed by atoms with Crippen molar-refractivity contribution >= 4 is 41.2 Å². The van der Waals surface area contributed by atoms with Crippen LogP contribution < -0.4 is 20.2 Å². The molecule has 0 radical (unpaired) electrons. The maximum Gasteiger partial charge on any atom is 0.262 e. The molecule has 0 heterocycles. The van der Waals surface area contributed by atoms with E-state index in [4.69, 9.17) is 32.7 Å².